The largest absolute Gasteiger partial charge is 0.497 e. The van der Waals surface area contributed by atoms with E-state index in [1.165, 1.54) is 32.4 Å². The average molecular weight is 403 g/mol. The molecular formula is C16H15F2NO7S. The van der Waals surface area contributed by atoms with E-state index in [0.29, 0.717) is 0 Å². The molecule has 0 atom stereocenters. The van der Waals surface area contributed by atoms with Crippen molar-refractivity contribution in [2.45, 2.75) is 11.5 Å². The Labute approximate surface area is 153 Å². The van der Waals surface area contributed by atoms with E-state index >= 15 is 0 Å². The lowest BCUT2D eigenvalue weighted by molar-refractivity contribution is -0.0503. The van der Waals surface area contributed by atoms with E-state index in [0.717, 1.165) is 18.2 Å². The molecule has 0 saturated carbocycles. The molecule has 0 heterocycles. The summed E-state index contributed by atoms with van der Waals surface area (Å²) < 4.78 is 66.3. The predicted molar refractivity (Wildman–Crippen MR) is 90.4 cm³/mol. The summed E-state index contributed by atoms with van der Waals surface area (Å²) in [6, 6.07) is 6.98. The maximum atomic E-state index is 12.6. The van der Waals surface area contributed by atoms with Gasteiger partial charge in [-0.05, 0) is 30.3 Å². The molecule has 0 spiro atoms. The zero-order chi connectivity index (χ0) is 20.2. The van der Waals surface area contributed by atoms with Crippen molar-refractivity contribution < 1.29 is 41.3 Å². The number of nitrogens with one attached hydrogen (secondary N) is 1. The van der Waals surface area contributed by atoms with Crippen molar-refractivity contribution in [3.05, 3.63) is 42.0 Å². The number of carbonyl (C=O) groups is 1. The Balaban J connectivity index is 2.44. The number of methoxy groups -OCH3 is 2. The molecule has 146 valence electrons. The van der Waals surface area contributed by atoms with Crippen LogP contribution in [0.5, 0.6) is 17.2 Å². The van der Waals surface area contributed by atoms with Crippen molar-refractivity contribution in [3.8, 4) is 17.2 Å². The zero-order valence-electron chi connectivity index (χ0n) is 14.1. The molecule has 2 N–H and O–H groups in total. The third-order valence-electron chi connectivity index (χ3n) is 3.34. The van der Waals surface area contributed by atoms with E-state index in [1.54, 1.807) is 0 Å². The Bertz CT molecular complexity index is 948. The number of hydrogen-bond acceptors (Lipinski definition) is 6. The van der Waals surface area contributed by atoms with Crippen molar-refractivity contribution in [3.63, 3.8) is 0 Å². The van der Waals surface area contributed by atoms with Crippen LogP contribution in [0.25, 0.3) is 0 Å². The van der Waals surface area contributed by atoms with Gasteiger partial charge in [0.2, 0.25) is 0 Å². The fourth-order valence-electron chi connectivity index (χ4n) is 2.16. The number of ether oxygens (including phenoxy) is 3. The Kier molecular flexibility index (Phi) is 6.05. The summed E-state index contributed by atoms with van der Waals surface area (Å²) in [6.45, 7) is -3.23. The van der Waals surface area contributed by atoms with Gasteiger partial charge in [-0.3, -0.25) is 4.72 Å². The van der Waals surface area contributed by atoms with E-state index in [1.807, 2.05) is 0 Å². The second-order valence-electron chi connectivity index (χ2n) is 5.02. The second-order valence-corrected chi connectivity index (χ2v) is 6.67. The van der Waals surface area contributed by atoms with E-state index in [9.17, 15) is 22.0 Å². The van der Waals surface area contributed by atoms with Gasteiger partial charge in [-0.2, -0.15) is 8.78 Å². The molecule has 0 aromatic heterocycles. The molecule has 0 radical (unpaired) electrons. The first-order valence-corrected chi connectivity index (χ1v) is 8.73. The molecule has 0 aliphatic carbocycles. The van der Waals surface area contributed by atoms with Crippen LogP contribution in [0, 0.1) is 0 Å². The number of carboxylic acids is 1. The molecule has 2 aromatic rings. The number of benzene rings is 2. The van der Waals surface area contributed by atoms with E-state index < -0.39 is 33.9 Å². The van der Waals surface area contributed by atoms with Crippen molar-refractivity contribution in [1.29, 1.82) is 0 Å². The summed E-state index contributed by atoms with van der Waals surface area (Å²) in [5, 5.41) is 9.13. The molecule has 11 heteroatoms. The smallest absolute Gasteiger partial charge is 0.387 e. The van der Waals surface area contributed by atoms with Gasteiger partial charge in [-0.25, -0.2) is 13.2 Å². The number of aromatic carboxylic acids is 1. The van der Waals surface area contributed by atoms with Gasteiger partial charge in [0.1, 0.15) is 27.7 Å². The van der Waals surface area contributed by atoms with Crippen molar-refractivity contribution >= 4 is 21.7 Å². The third-order valence-corrected chi connectivity index (χ3v) is 4.74. The Morgan fingerprint density at radius 1 is 1.07 bits per heavy atom. The minimum absolute atomic E-state index is 0.0272. The minimum atomic E-state index is -4.20. The highest BCUT2D eigenvalue weighted by molar-refractivity contribution is 7.92. The summed E-state index contributed by atoms with van der Waals surface area (Å²) in [7, 11) is -1.57. The first-order valence-electron chi connectivity index (χ1n) is 7.25. The van der Waals surface area contributed by atoms with Gasteiger partial charge in [0.15, 0.2) is 0 Å². The van der Waals surface area contributed by atoms with Crippen molar-refractivity contribution in [1.82, 2.24) is 0 Å². The molecule has 2 aromatic carbocycles. The van der Waals surface area contributed by atoms with Crippen LogP contribution in [0.4, 0.5) is 14.5 Å². The number of rotatable bonds is 8. The van der Waals surface area contributed by atoms with Gasteiger partial charge in [0, 0.05) is 11.8 Å². The highest BCUT2D eigenvalue weighted by Crippen LogP contribution is 2.31. The lowest BCUT2D eigenvalue weighted by Crippen LogP contribution is -2.15. The number of hydrogen-bond donors (Lipinski definition) is 2. The van der Waals surface area contributed by atoms with Gasteiger partial charge >= 0.3 is 12.6 Å². The van der Waals surface area contributed by atoms with Crippen molar-refractivity contribution in [2.75, 3.05) is 18.9 Å². The molecular weight excluding hydrogens is 388 g/mol. The number of anilines is 1. The molecule has 0 saturated heterocycles. The maximum Gasteiger partial charge on any atom is 0.387 e. The molecule has 2 rings (SSSR count). The number of halogens is 2. The van der Waals surface area contributed by atoms with E-state index in [-0.39, 0.29) is 22.1 Å². The molecule has 0 aliphatic rings. The highest BCUT2D eigenvalue weighted by atomic mass is 32.2. The highest BCUT2D eigenvalue weighted by Gasteiger charge is 2.22. The van der Waals surface area contributed by atoms with Crippen LogP contribution in [0.1, 0.15) is 10.4 Å². The van der Waals surface area contributed by atoms with Crippen LogP contribution < -0.4 is 18.9 Å². The van der Waals surface area contributed by atoms with Gasteiger partial charge in [0.25, 0.3) is 10.0 Å². The molecule has 0 aliphatic heterocycles. The SMILES string of the molecule is COc1ccc(OC)c(S(=O)(=O)Nc2ccc(OC(F)F)c(C(=O)O)c2)c1. The number of carboxylic acid groups (broad SMARTS) is 1. The van der Waals surface area contributed by atoms with Gasteiger partial charge in [-0.1, -0.05) is 0 Å². The maximum absolute atomic E-state index is 12.6. The first-order chi connectivity index (χ1) is 12.7. The fraction of sp³-hybridized carbons (Fsp3) is 0.188. The number of alkyl halides is 2. The molecule has 0 fully saturated rings. The minimum Gasteiger partial charge on any atom is -0.497 e. The quantitative estimate of drug-likeness (QED) is 0.697. The van der Waals surface area contributed by atoms with Crippen LogP contribution in [-0.4, -0.2) is 40.3 Å². The normalized spacial score (nSPS) is 11.1. The van der Waals surface area contributed by atoms with Crippen LogP contribution in [0.3, 0.4) is 0 Å². The zero-order valence-corrected chi connectivity index (χ0v) is 14.9. The van der Waals surface area contributed by atoms with Gasteiger partial charge in [0.05, 0.1) is 14.2 Å². The summed E-state index contributed by atoms with van der Waals surface area (Å²) in [5.41, 5.74) is -0.799. The third kappa shape index (κ3) is 4.76. The Morgan fingerprint density at radius 3 is 2.30 bits per heavy atom. The van der Waals surface area contributed by atoms with Crippen LogP contribution in [-0.2, 0) is 10.0 Å². The fourth-order valence-corrected chi connectivity index (χ4v) is 3.40. The van der Waals surface area contributed by atoms with Crippen LogP contribution >= 0.6 is 0 Å². The Hall–Kier alpha value is -3.08. The van der Waals surface area contributed by atoms with Crippen LogP contribution in [0.15, 0.2) is 41.3 Å². The number of sulfonamides is 1. The summed E-state index contributed by atoms with van der Waals surface area (Å²) in [5.74, 6) is -1.88. The molecule has 27 heavy (non-hydrogen) atoms. The predicted octanol–water partition coefficient (Wildman–Crippen LogP) is 2.80. The lowest BCUT2D eigenvalue weighted by atomic mass is 10.2. The standard InChI is InChI=1S/C16H15F2NO7S/c1-24-10-4-6-13(25-2)14(8-10)27(22,23)19-9-3-5-12(26-16(17)18)11(7-9)15(20)21/h3-8,16,19H,1-2H3,(H,20,21). The average Bonchev–Trinajstić information content (AvgIpc) is 2.61. The molecule has 0 amide bonds. The topological polar surface area (TPSA) is 111 Å². The molecule has 0 bridgehead atoms. The van der Waals surface area contributed by atoms with Crippen molar-refractivity contribution in [2.24, 2.45) is 0 Å². The Morgan fingerprint density at radius 2 is 1.74 bits per heavy atom. The van der Waals surface area contributed by atoms with E-state index in [2.05, 4.69) is 9.46 Å². The molecule has 8 nitrogen and oxygen atoms in total. The first kappa shape index (κ1) is 20.2. The second kappa shape index (κ2) is 8.08. The summed E-state index contributed by atoms with van der Waals surface area (Å²) in [6.07, 6.45) is 0. The van der Waals surface area contributed by atoms with Gasteiger partial charge < -0.3 is 19.3 Å². The van der Waals surface area contributed by atoms with Gasteiger partial charge in [-0.15, -0.1) is 0 Å². The lowest BCUT2D eigenvalue weighted by Gasteiger charge is -2.14. The summed E-state index contributed by atoms with van der Waals surface area (Å²) >= 11 is 0. The van der Waals surface area contributed by atoms with E-state index in [4.69, 9.17) is 14.6 Å². The van der Waals surface area contributed by atoms with Crippen LogP contribution in [0.2, 0.25) is 0 Å². The monoisotopic (exact) mass is 403 g/mol. The molecule has 0 unspecified atom stereocenters. The summed E-state index contributed by atoms with van der Waals surface area (Å²) in [4.78, 5) is 11.0.